The summed E-state index contributed by atoms with van der Waals surface area (Å²) in [5.41, 5.74) is 24.7. The molecular weight excluding hydrogens is 1410 g/mol. The summed E-state index contributed by atoms with van der Waals surface area (Å²) in [5.74, 6) is 2.07. The second kappa shape index (κ2) is 27.4. The van der Waals surface area contributed by atoms with Crippen molar-refractivity contribution in [1.82, 2.24) is 29.9 Å². The molecule has 0 amide bonds. The van der Waals surface area contributed by atoms with Crippen molar-refractivity contribution in [3.63, 3.8) is 0 Å². The molecule has 114 heavy (non-hydrogen) atoms. The maximum Gasteiger partial charge on any atom is 0.338 e. The molecule has 0 aliphatic carbocycles. The highest BCUT2D eigenvalue weighted by molar-refractivity contribution is 6.98. The molecule has 0 atom stereocenters. The van der Waals surface area contributed by atoms with Gasteiger partial charge in [0, 0.05) is 49.0 Å². The van der Waals surface area contributed by atoms with Gasteiger partial charge >= 0.3 is 20.1 Å². The fourth-order valence-corrected chi connectivity index (χ4v) is 16.7. The van der Waals surface area contributed by atoms with E-state index in [4.69, 9.17) is 51.4 Å². The van der Waals surface area contributed by atoms with Gasteiger partial charge in [0.1, 0.15) is 67.5 Å². The monoisotopic (exact) mass is 1470 g/mol. The van der Waals surface area contributed by atoms with Crippen molar-refractivity contribution in [3.05, 3.63) is 365 Å². The Bertz CT molecular complexity index is 6630. The maximum absolute atomic E-state index is 6.63. The third-order valence-corrected chi connectivity index (χ3v) is 21.7. The Morgan fingerprint density at radius 3 is 0.737 bits per heavy atom. The summed E-state index contributed by atoms with van der Waals surface area (Å²) in [7, 11) is 0. The van der Waals surface area contributed by atoms with Crippen LogP contribution >= 0.6 is 0 Å². The SMILES string of the molecule is c1ccc(B2c3oc4ccccc4c3N(c3cnc(-c4ccccc4)nc3)c3c2oc2ccccc32)cc1.c1ccc(B2c3oc4ccccc4c3N(c3cnc(-c4ccccc4)nc3)c3c2oc2ccccc32)cc1.c1ccc(B2c3oc4ccccc4c3N(c3cncc(-c4ccccc4)n3)c3c2oc2ccccc32)cc1. The molecule has 0 spiro atoms. The van der Waals surface area contributed by atoms with Crippen molar-refractivity contribution in [1.29, 1.82) is 0 Å². The van der Waals surface area contributed by atoms with E-state index >= 15 is 0 Å². The van der Waals surface area contributed by atoms with Gasteiger partial charge < -0.3 is 36.3 Å². The first-order valence-electron chi connectivity index (χ1n) is 37.9. The Morgan fingerprint density at radius 1 is 0.219 bits per heavy atom. The fourth-order valence-electron chi connectivity index (χ4n) is 16.7. The predicted molar refractivity (Wildman–Crippen MR) is 458 cm³/mol. The topological polar surface area (TPSA) is 166 Å². The van der Waals surface area contributed by atoms with Gasteiger partial charge in [0.15, 0.2) is 17.5 Å². The summed E-state index contributed by atoms with van der Waals surface area (Å²) in [6, 6.07) is 110. The normalized spacial score (nSPS) is 12.6. The lowest BCUT2D eigenvalue weighted by atomic mass is 9.39. The van der Waals surface area contributed by atoms with Crippen molar-refractivity contribution in [3.8, 4) is 34.0 Å². The maximum atomic E-state index is 6.63. The van der Waals surface area contributed by atoms with Crippen LogP contribution in [0.5, 0.6) is 0 Å². The standard InChI is InChI=1S/3C32H20BN3O2/c2*1-3-11-21(12-4-1)32-34-19-23(20-35-32)36-28-24-15-7-9-17-26(24)37-30(28)33(22-13-5-2-6-14-22)31-29(36)25-16-8-10-18-27(25)38-31;1-3-11-21(12-4-1)25-19-34-20-28(35-25)36-29-23-15-7-9-17-26(23)37-31(29)33(22-13-5-2-6-14-22)32-30(36)24-16-8-10-18-27(24)38-32/h3*1-20H. The minimum absolute atomic E-state index is 0.193. The number of furan rings is 6. The molecule has 9 aromatic heterocycles. The van der Waals surface area contributed by atoms with Crippen LogP contribution in [-0.4, -0.2) is 50.0 Å². The number of hydrogen-bond acceptors (Lipinski definition) is 15. The third kappa shape index (κ3) is 10.9. The molecule has 0 unspecified atom stereocenters. The van der Waals surface area contributed by atoms with E-state index in [9.17, 15) is 0 Å². The molecule has 18 heteroatoms. The molecular formula is C96H60B3N9O6. The molecule has 0 radical (unpaired) electrons. The van der Waals surface area contributed by atoms with Gasteiger partial charge in [0.2, 0.25) is 0 Å². The average Bonchev–Trinajstić information content (AvgIpc) is 1.54. The van der Waals surface area contributed by atoms with Crippen LogP contribution in [0.1, 0.15) is 0 Å². The number of fused-ring (bicyclic) bond motifs is 18. The first-order chi connectivity index (χ1) is 56.6. The molecule has 24 rings (SSSR count). The number of benzene rings is 12. The fraction of sp³-hybridized carbons (Fsp3) is 0. The van der Waals surface area contributed by atoms with Crippen molar-refractivity contribution in [2.45, 2.75) is 0 Å². The molecule has 0 N–H and O–H groups in total. The lowest BCUT2D eigenvalue weighted by molar-refractivity contribution is 0.635. The molecule has 0 fully saturated rings. The molecule has 21 aromatic rings. The van der Waals surface area contributed by atoms with Crippen LogP contribution < -0.4 is 65.0 Å². The van der Waals surface area contributed by atoms with Crippen LogP contribution in [0.25, 0.3) is 99.8 Å². The summed E-state index contributed by atoms with van der Waals surface area (Å²) in [5, 5.41) is 6.17. The van der Waals surface area contributed by atoms with Crippen LogP contribution in [0.2, 0.25) is 0 Å². The van der Waals surface area contributed by atoms with Gasteiger partial charge in [-0.15, -0.1) is 0 Å². The molecule has 15 nitrogen and oxygen atoms in total. The summed E-state index contributed by atoms with van der Waals surface area (Å²) < 4.78 is 39.7. The highest BCUT2D eigenvalue weighted by Gasteiger charge is 2.48. The number of aromatic nitrogens is 6. The van der Waals surface area contributed by atoms with Gasteiger partial charge in [-0.25, -0.2) is 24.9 Å². The van der Waals surface area contributed by atoms with Crippen molar-refractivity contribution < 1.29 is 26.5 Å². The number of para-hydroxylation sites is 6. The Morgan fingerprint density at radius 2 is 0.456 bits per heavy atom. The van der Waals surface area contributed by atoms with E-state index in [0.717, 1.165) is 184 Å². The Hall–Kier alpha value is -15.3. The Labute approximate surface area is 653 Å². The number of nitrogens with zero attached hydrogens (tertiary/aromatic N) is 9. The average molecular weight is 1470 g/mol. The summed E-state index contributed by atoms with van der Waals surface area (Å²) in [4.78, 5) is 35.4. The first kappa shape index (κ1) is 65.8. The van der Waals surface area contributed by atoms with Gasteiger partial charge in [-0.05, 0) is 72.8 Å². The molecule has 3 aliphatic heterocycles. The second-order valence-corrected chi connectivity index (χ2v) is 28.3. The van der Waals surface area contributed by atoms with Crippen LogP contribution in [0.15, 0.2) is 391 Å². The minimum atomic E-state index is -0.206. The zero-order valence-electron chi connectivity index (χ0n) is 60.8. The van der Waals surface area contributed by atoms with Crippen molar-refractivity contribution in [2.24, 2.45) is 0 Å². The van der Waals surface area contributed by atoms with Gasteiger partial charge in [0.25, 0.3) is 0 Å². The number of rotatable bonds is 9. The summed E-state index contributed by atoms with van der Waals surface area (Å²) in [6.07, 6.45) is 11.2. The van der Waals surface area contributed by atoms with Crippen LogP contribution in [-0.2, 0) is 0 Å². The Kier molecular flexibility index (Phi) is 15.8. The molecule has 534 valence electrons. The molecule has 12 heterocycles. The minimum Gasteiger partial charge on any atom is -0.468 e. The van der Waals surface area contributed by atoms with E-state index < -0.39 is 0 Å². The lowest BCUT2D eigenvalue weighted by Crippen LogP contribution is -2.56. The second-order valence-electron chi connectivity index (χ2n) is 28.3. The predicted octanol–water partition coefficient (Wildman–Crippen LogP) is 17.8. The highest BCUT2D eigenvalue weighted by Crippen LogP contribution is 2.49. The van der Waals surface area contributed by atoms with Crippen molar-refractivity contribution in [2.75, 3.05) is 14.7 Å². The smallest absolute Gasteiger partial charge is 0.338 e. The largest absolute Gasteiger partial charge is 0.468 e. The van der Waals surface area contributed by atoms with Gasteiger partial charge in [-0.3, -0.25) is 9.88 Å². The molecule has 12 aromatic carbocycles. The summed E-state index contributed by atoms with van der Waals surface area (Å²) >= 11 is 0. The molecule has 0 saturated heterocycles. The van der Waals surface area contributed by atoms with E-state index in [-0.39, 0.29) is 20.1 Å². The molecule has 0 bridgehead atoms. The highest BCUT2D eigenvalue weighted by atomic mass is 16.4. The summed E-state index contributed by atoms with van der Waals surface area (Å²) in [6.45, 7) is -0.592. The number of anilines is 9. The van der Waals surface area contributed by atoms with Gasteiger partial charge in [0.05, 0.1) is 88.4 Å². The van der Waals surface area contributed by atoms with E-state index in [2.05, 4.69) is 129 Å². The quantitative estimate of drug-likeness (QED) is 0.125. The third-order valence-electron chi connectivity index (χ3n) is 21.7. The van der Waals surface area contributed by atoms with E-state index in [1.165, 1.54) is 0 Å². The van der Waals surface area contributed by atoms with Gasteiger partial charge in [-0.1, -0.05) is 271 Å². The van der Waals surface area contributed by atoms with E-state index in [0.29, 0.717) is 17.5 Å². The molecule has 0 saturated carbocycles. The lowest BCUT2D eigenvalue weighted by Gasteiger charge is -2.31. The van der Waals surface area contributed by atoms with Crippen LogP contribution in [0.3, 0.4) is 0 Å². The van der Waals surface area contributed by atoms with E-state index in [1.807, 2.05) is 249 Å². The Balaban J connectivity index is 0.000000104. The van der Waals surface area contributed by atoms with Crippen LogP contribution in [0.4, 0.5) is 51.3 Å². The number of hydrogen-bond donors (Lipinski definition) is 0. The zero-order valence-corrected chi connectivity index (χ0v) is 60.8. The van der Waals surface area contributed by atoms with E-state index in [1.54, 1.807) is 6.20 Å². The first-order valence-corrected chi connectivity index (χ1v) is 37.9. The van der Waals surface area contributed by atoms with Gasteiger partial charge in [-0.2, -0.15) is 0 Å². The zero-order chi connectivity index (χ0) is 75.2. The molecule has 3 aliphatic rings. The van der Waals surface area contributed by atoms with Crippen molar-refractivity contribution >= 4 is 188 Å². The van der Waals surface area contributed by atoms with Crippen LogP contribution in [0, 0.1) is 0 Å².